The van der Waals surface area contributed by atoms with Gasteiger partial charge in [0.05, 0.1) is 11.6 Å². The van der Waals surface area contributed by atoms with Crippen LogP contribution in [0.25, 0.3) is 0 Å². The number of rotatable bonds is 4. The van der Waals surface area contributed by atoms with Crippen molar-refractivity contribution in [3.8, 4) is 0 Å². The van der Waals surface area contributed by atoms with Crippen molar-refractivity contribution in [2.24, 2.45) is 5.92 Å². The Morgan fingerprint density at radius 3 is 2.45 bits per heavy atom. The molecule has 1 aliphatic rings. The maximum Gasteiger partial charge on any atom is 0.254 e. The van der Waals surface area contributed by atoms with Gasteiger partial charge in [0.2, 0.25) is 0 Å². The first-order chi connectivity index (χ1) is 10.5. The van der Waals surface area contributed by atoms with E-state index in [0.29, 0.717) is 5.92 Å². The predicted octanol–water partition coefficient (Wildman–Crippen LogP) is 4.15. The van der Waals surface area contributed by atoms with Crippen LogP contribution in [0.2, 0.25) is 0 Å². The Hall–Kier alpha value is -2.23. The molecule has 2 aromatic carbocycles. The van der Waals surface area contributed by atoms with E-state index in [-0.39, 0.29) is 11.6 Å². The van der Waals surface area contributed by atoms with Gasteiger partial charge in [-0.3, -0.25) is 4.79 Å². The van der Waals surface area contributed by atoms with E-state index in [1.54, 1.807) is 0 Å². The van der Waals surface area contributed by atoms with Crippen LogP contribution >= 0.6 is 0 Å². The fraction of sp³-hybridized carbons (Fsp3) is 0.278. The first-order valence-corrected chi connectivity index (χ1v) is 7.37. The Morgan fingerprint density at radius 1 is 1.14 bits per heavy atom. The van der Waals surface area contributed by atoms with Crippen molar-refractivity contribution in [2.45, 2.75) is 25.8 Å². The van der Waals surface area contributed by atoms with Gasteiger partial charge in [-0.2, -0.15) is 0 Å². The first-order valence-electron chi connectivity index (χ1n) is 7.37. The van der Waals surface area contributed by atoms with Gasteiger partial charge in [0.25, 0.3) is 5.91 Å². The number of nitrogens with one attached hydrogen (secondary N) is 1. The number of carbonyl (C=O) groups is 1. The second kappa shape index (κ2) is 5.87. The molecule has 0 heterocycles. The summed E-state index contributed by atoms with van der Waals surface area (Å²) in [5.74, 6) is -1.54. The maximum absolute atomic E-state index is 13.7. The minimum Gasteiger partial charge on any atom is -0.345 e. The van der Waals surface area contributed by atoms with Crippen LogP contribution in [0.1, 0.15) is 40.4 Å². The summed E-state index contributed by atoms with van der Waals surface area (Å²) in [6, 6.07) is 10.7. The Kier molecular flexibility index (Phi) is 3.92. The molecule has 4 heteroatoms. The number of hydrogen-bond acceptors (Lipinski definition) is 1. The average molecular weight is 301 g/mol. The van der Waals surface area contributed by atoms with E-state index in [2.05, 4.69) is 5.32 Å². The van der Waals surface area contributed by atoms with E-state index in [0.717, 1.165) is 42.2 Å². The lowest BCUT2D eigenvalue weighted by atomic mass is 10.0. The highest BCUT2D eigenvalue weighted by Gasteiger charge is 2.34. The quantitative estimate of drug-likeness (QED) is 0.903. The van der Waals surface area contributed by atoms with Gasteiger partial charge in [-0.15, -0.1) is 0 Å². The summed E-state index contributed by atoms with van der Waals surface area (Å²) < 4.78 is 27.0. The molecule has 0 radical (unpaired) electrons. The molecule has 3 rings (SSSR count). The van der Waals surface area contributed by atoms with Crippen LogP contribution in [-0.4, -0.2) is 5.91 Å². The summed E-state index contributed by atoms with van der Waals surface area (Å²) >= 11 is 0. The number of hydrogen-bond donors (Lipinski definition) is 1. The van der Waals surface area contributed by atoms with Gasteiger partial charge in [0.1, 0.15) is 11.6 Å². The SMILES string of the molecule is Cc1ccc([C@H](NC(=O)c2cc(F)ccc2F)C2CC2)cc1. The molecule has 2 nitrogen and oxygen atoms in total. The summed E-state index contributed by atoms with van der Waals surface area (Å²) in [5, 5.41) is 2.85. The molecule has 0 spiro atoms. The monoisotopic (exact) mass is 301 g/mol. The Labute approximate surface area is 128 Å². The number of halogens is 2. The third kappa shape index (κ3) is 3.16. The molecule has 0 bridgehead atoms. The smallest absolute Gasteiger partial charge is 0.254 e. The minimum absolute atomic E-state index is 0.157. The fourth-order valence-electron chi connectivity index (χ4n) is 2.57. The Morgan fingerprint density at radius 2 is 1.82 bits per heavy atom. The van der Waals surface area contributed by atoms with Gasteiger partial charge < -0.3 is 5.32 Å². The average Bonchev–Trinajstić information content (AvgIpc) is 3.33. The van der Waals surface area contributed by atoms with Crippen LogP contribution in [0.15, 0.2) is 42.5 Å². The van der Waals surface area contributed by atoms with Gasteiger partial charge in [-0.1, -0.05) is 29.8 Å². The third-order valence-corrected chi connectivity index (χ3v) is 3.99. The van der Waals surface area contributed by atoms with Crippen molar-refractivity contribution in [3.05, 3.63) is 70.8 Å². The molecule has 1 aliphatic carbocycles. The van der Waals surface area contributed by atoms with E-state index < -0.39 is 17.5 Å². The van der Waals surface area contributed by atoms with Crippen molar-refractivity contribution in [2.75, 3.05) is 0 Å². The summed E-state index contributed by atoms with van der Waals surface area (Å²) in [6.07, 6.45) is 2.06. The zero-order chi connectivity index (χ0) is 15.7. The summed E-state index contributed by atoms with van der Waals surface area (Å²) in [5.41, 5.74) is 1.89. The molecule has 0 unspecified atom stereocenters. The van der Waals surface area contributed by atoms with Crippen molar-refractivity contribution < 1.29 is 13.6 Å². The molecular weight excluding hydrogens is 284 g/mol. The number of benzene rings is 2. The largest absolute Gasteiger partial charge is 0.345 e. The Bertz CT molecular complexity index is 693. The first kappa shape index (κ1) is 14.7. The lowest BCUT2D eigenvalue weighted by molar-refractivity contribution is 0.0927. The van der Waals surface area contributed by atoms with E-state index >= 15 is 0 Å². The second-order valence-electron chi connectivity index (χ2n) is 5.82. The van der Waals surface area contributed by atoms with Crippen LogP contribution in [0.4, 0.5) is 8.78 Å². The highest BCUT2D eigenvalue weighted by atomic mass is 19.1. The minimum atomic E-state index is -0.711. The predicted molar refractivity (Wildman–Crippen MR) is 80.5 cm³/mol. The van der Waals surface area contributed by atoms with Gasteiger partial charge >= 0.3 is 0 Å². The lowest BCUT2D eigenvalue weighted by Gasteiger charge is -2.19. The zero-order valence-electron chi connectivity index (χ0n) is 12.3. The normalized spacial score (nSPS) is 15.4. The summed E-state index contributed by atoms with van der Waals surface area (Å²) in [7, 11) is 0. The lowest BCUT2D eigenvalue weighted by Crippen LogP contribution is -2.30. The maximum atomic E-state index is 13.7. The standard InChI is InChI=1S/C18H17F2NO/c1-11-2-4-12(5-3-11)17(13-6-7-13)21-18(22)15-10-14(19)8-9-16(15)20/h2-5,8-10,13,17H,6-7H2,1H3,(H,21,22)/t17-/m0/s1. The fourth-order valence-corrected chi connectivity index (χ4v) is 2.57. The topological polar surface area (TPSA) is 29.1 Å². The molecule has 1 fully saturated rings. The van der Waals surface area contributed by atoms with Crippen LogP contribution in [0, 0.1) is 24.5 Å². The van der Waals surface area contributed by atoms with Crippen molar-refractivity contribution in [1.82, 2.24) is 5.32 Å². The van der Waals surface area contributed by atoms with E-state index in [1.807, 2.05) is 31.2 Å². The third-order valence-electron chi connectivity index (χ3n) is 3.99. The highest BCUT2D eigenvalue weighted by Crippen LogP contribution is 2.41. The van der Waals surface area contributed by atoms with E-state index in [1.165, 1.54) is 0 Å². The summed E-state index contributed by atoms with van der Waals surface area (Å²) in [6.45, 7) is 2.00. The molecule has 0 aliphatic heterocycles. The van der Waals surface area contributed by atoms with Crippen molar-refractivity contribution >= 4 is 5.91 Å². The van der Waals surface area contributed by atoms with Gasteiger partial charge in [-0.25, -0.2) is 8.78 Å². The number of amides is 1. The second-order valence-corrected chi connectivity index (χ2v) is 5.82. The van der Waals surface area contributed by atoms with Crippen molar-refractivity contribution in [3.63, 3.8) is 0 Å². The van der Waals surface area contributed by atoms with E-state index in [4.69, 9.17) is 0 Å². The van der Waals surface area contributed by atoms with Crippen LogP contribution < -0.4 is 5.32 Å². The van der Waals surface area contributed by atoms with E-state index in [9.17, 15) is 13.6 Å². The summed E-state index contributed by atoms with van der Waals surface area (Å²) in [4.78, 5) is 12.3. The molecule has 1 saturated carbocycles. The van der Waals surface area contributed by atoms with Gasteiger partial charge in [-0.05, 0) is 49.4 Å². The highest BCUT2D eigenvalue weighted by molar-refractivity contribution is 5.94. The van der Waals surface area contributed by atoms with Crippen LogP contribution in [-0.2, 0) is 0 Å². The van der Waals surface area contributed by atoms with Gasteiger partial charge in [0.15, 0.2) is 0 Å². The Balaban J connectivity index is 1.83. The molecule has 22 heavy (non-hydrogen) atoms. The number of carbonyl (C=O) groups excluding carboxylic acids is 1. The molecule has 2 aromatic rings. The molecule has 1 atom stereocenters. The van der Waals surface area contributed by atoms with Crippen molar-refractivity contribution in [1.29, 1.82) is 0 Å². The number of aryl methyl sites for hydroxylation is 1. The molecule has 0 saturated heterocycles. The van der Waals surface area contributed by atoms with Gasteiger partial charge in [0, 0.05) is 0 Å². The molecule has 1 N–H and O–H groups in total. The zero-order valence-corrected chi connectivity index (χ0v) is 12.3. The molecule has 114 valence electrons. The van der Waals surface area contributed by atoms with Crippen LogP contribution in [0.3, 0.4) is 0 Å². The van der Waals surface area contributed by atoms with Crippen LogP contribution in [0.5, 0.6) is 0 Å². The molecule has 0 aromatic heterocycles. The molecular formula is C18H17F2NO. The molecule has 1 amide bonds.